The molecule has 0 saturated heterocycles. The van der Waals surface area contributed by atoms with Gasteiger partial charge in [0.2, 0.25) is 0 Å². The molecule has 0 aliphatic heterocycles. The minimum Gasteiger partial charge on any atom is -0.184 e. The SMILES string of the molecule is CCO[P+](C#N)(N(C(C)C)C(C)C)N(C(C)C)C(C)C. The van der Waals surface area contributed by atoms with Crippen LogP contribution in [0.1, 0.15) is 62.3 Å². The van der Waals surface area contributed by atoms with E-state index in [0.29, 0.717) is 6.61 Å². The maximum atomic E-state index is 10.0. The van der Waals surface area contributed by atoms with Gasteiger partial charge in [-0.25, -0.2) is 0 Å². The van der Waals surface area contributed by atoms with Crippen LogP contribution in [0.3, 0.4) is 0 Å². The molecule has 0 aromatic carbocycles. The van der Waals surface area contributed by atoms with Gasteiger partial charge >= 0.3 is 13.6 Å². The van der Waals surface area contributed by atoms with Gasteiger partial charge in [-0.3, -0.25) is 0 Å². The summed E-state index contributed by atoms with van der Waals surface area (Å²) in [6, 6.07) is 1.09. The zero-order valence-electron chi connectivity index (χ0n) is 14.7. The van der Waals surface area contributed by atoms with Gasteiger partial charge in [-0.2, -0.15) is 4.52 Å². The largest absolute Gasteiger partial charge is 0.399 e. The highest BCUT2D eigenvalue weighted by atomic mass is 31.2. The van der Waals surface area contributed by atoms with Crippen LogP contribution in [0.2, 0.25) is 0 Å². The van der Waals surface area contributed by atoms with E-state index in [-0.39, 0.29) is 24.2 Å². The number of nitrogens with zero attached hydrogens (tertiary/aromatic N) is 3. The fourth-order valence-corrected chi connectivity index (χ4v) is 6.64. The Morgan fingerprint density at radius 2 is 1.15 bits per heavy atom. The Bertz CT molecular complexity index is 288. The maximum Gasteiger partial charge on any atom is 0.399 e. The monoisotopic (exact) mass is 302 g/mol. The van der Waals surface area contributed by atoms with E-state index in [1.54, 1.807) is 0 Å². The highest BCUT2D eigenvalue weighted by Crippen LogP contribution is 2.68. The van der Waals surface area contributed by atoms with Crippen molar-refractivity contribution in [2.75, 3.05) is 6.61 Å². The average molecular weight is 302 g/mol. The summed E-state index contributed by atoms with van der Waals surface area (Å²) in [6.07, 6.45) is 0. The molecule has 0 spiro atoms. The smallest absolute Gasteiger partial charge is 0.184 e. The second kappa shape index (κ2) is 8.29. The van der Waals surface area contributed by atoms with Crippen molar-refractivity contribution < 1.29 is 4.52 Å². The van der Waals surface area contributed by atoms with Crippen LogP contribution in [0.15, 0.2) is 0 Å². The lowest BCUT2D eigenvalue weighted by Gasteiger charge is -2.42. The molecular weight excluding hydrogens is 269 g/mol. The molecule has 0 amide bonds. The summed E-state index contributed by atoms with van der Waals surface area (Å²) >= 11 is 0. The molecule has 0 aromatic rings. The normalized spacial score (nSPS) is 13.3. The van der Waals surface area contributed by atoms with Gasteiger partial charge in [0.05, 0.1) is 6.61 Å². The van der Waals surface area contributed by atoms with E-state index in [9.17, 15) is 5.26 Å². The van der Waals surface area contributed by atoms with E-state index in [2.05, 4.69) is 70.5 Å². The Labute approximate surface area is 126 Å². The minimum atomic E-state index is -2.45. The maximum absolute atomic E-state index is 10.0. The molecule has 0 N–H and O–H groups in total. The number of hydrogen-bond acceptors (Lipinski definition) is 4. The Morgan fingerprint density at radius 3 is 1.30 bits per heavy atom. The van der Waals surface area contributed by atoms with Crippen LogP contribution >= 0.6 is 7.79 Å². The van der Waals surface area contributed by atoms with Crippen LogP contribution in [0, 0.1) is 11.1 Å². The van der Waals surface area contributed by atoms with Gasteiger partial charge < -0.3 is 0 Å². The average Bonchev–Trinajstić information content (AvgIpc) is 2.26. The molecule has 0 unspecified atom stereocenters. The van der Waals surface area contributed by atoms with Crippen molar-refractivity contribution in [1.82, 2.24) is 9.34 Å². The lowest BCUT2D eigenvalue weighted by Crippen LogP contribution is -2.48. The number of hydrogen-bond donors (Lipinski definition) is 0. The van der Waals surface area contributed by atoms with Gasteiger partial charge in [0.1, 0.15) is 0 Å². The molecule has 0 aromatic heterocycles. The molecule has 0 rings (SSSR count). The molecule has 0 fully saturated rings. The van der Waals surface area contributed by atoms with E-state index in [4.69, 9.17) is 4.52 Å². The van der Waals surface area contributed by atoms with Crippen LogP contribution in [0.4, 0.5) is 0 Å². The molecule has 0 aliphatic carbocycles. The summed E-state index contributed by atoms with van der Waals surface area (Å²) in [6.45, 7) is 19.7. The number of nitriles is 1. The van der Waals surface area contributed by atoms with Crippen LogP contribution in [-0.2, 0) is 4.52 Å². The number of rotatable bonds is 8. The Morgan fingerprint density at radius 1 is 0.850 bits per heavy atom. The van der Waals surface area contributed by atoms with Gasteiger partial charge in [-0.05, 0) is 62.3 Å². The van der Waals surface area contributed by atoms with Crippen molar-refractivity contribution in [3.8, 4) is 5.81 Å². The second-order valence-electron chi connectivity index (χ2n) is 6.20. The van der Waals surface area contributed by atoms with Crippen molar-refractivity contribution >= 4 is 7.79 Å². The van der Waals surface area contributed by atoms with E-state index in [1.807, 2.05) is 6.92 Å². The molecular formula is C15H33N3OP+. The summed E-state index contributed by atoms with van der Waals surface area (Å²) in [5, 5.41) is 10.0. The summed E-state index contributed by atoms with van der Waals surface area (Å²) in [7, 11) is -2.45. The Balaban J connectivity index is 5.99. The van der Waals surface area contributed by atoms with Gasteiger partial charge in [0.25, 0.3) is 0 Å². The summed E-state index contributed by atoms with van der Waals surface area (Å²) in [4.78, 5) is 0. The van der Waals surface area contributed by atoms with Crippen molar-refractivity contribution in [3.05, 3.63) is 0 Å². The zero-order chi connectivity index (χ0) is 16.1. The summed E-state index contributed by atoms with van der Waals surface area (Å²) < 4.78 is 10.7. The first-order chi connectivity index (χ1) is 9.15. The predicted octanol–water partition coefficient (Wildman–Crippen LogP) is 4.50. The highest BCUT2D eigenvalue weighted by Gasteiger charge is 2.59. The standard InChI is InChI=1S/C15H33N3OP/c1-10-19-20(11-16,17(12(2)3)13(4)5)18(14(6)7)15(8)9/h12-15H,10H2,1-9H3/q+1. The fraction of sp³-hybridized carbons (Fsp3) is 0.933. The first-order valence-corrected chi connectivity index (χ1v) is 9.29. The molecule has 20 heavy (non-hydrogen) atoms. The first kappa shape index (κ1) is 19.8. The molecule has 0 heterocycles. The van der Waals surface area contributed by atoms with Gasteiger partial charge in [-0.15, -0.1) is 14.6 Å². The van der Waals surface area contributed by atoms with Crippen LogP contribution < -0.4 is 0 Å². The highest BCUT2D eigenvalue weighted by molar-refractivity contribution is 7.71. The lowest BCUT2D eigenvalue weighted by atomic mass is 10.3. The zero-order valence-corrected chi connectivity index (χ0v) is 15.6. The van der Waals surface area contributed by atoms with Gasteiger partial charge in [-0.1, -0.05) is 0 Å². The summed E-state index contributed by atoms with van der Waals surface area (Å²) in [5.41, 5.74) is 0. The Kier molecular flexibility index (Phi) is 8.21. The van der Waals surface area contributed by atoms with Crippen LogP contribution in [0.5, 0.6) is 0 Å². The topological polar surface area (TPSA) is 39.5 Å². The van der Waals surface area contributed by atoms with Gasteiger partial charge in [0, 0.05) is 24.2 Å². The molecule has 0 atom stereocenters. The van der Waals surface area contributed by atoms with E-state index < -0.39 is 7.79 Å². The van der Waals surface area contributed by atoms with Gasteiger partial charge in [0.15, 0.2) is 0 Å². The quantitative estimate of drug-likeness (QED) is 0.619. The Hall–Kier alpha value is -0.200. The second-order valence-corrected chi connectivity index (χ2v) is 8.67. The molecule has 0 aliphatic rings. The molecule has 0 saturated carbocycles. The van der Waals surface area contributed by atoms with Crippen molar-refractivity contribution in [3.63, 3.8) is 0 Å². The molecule has 5 heteroatoms. The van der Waals surface area contributed by atoms with Crippen LogP contribution in [0.25, 0.3) is 0 Å². The third-order valence-corrected chi connectivity index (χ3v) is 7.16. The third kappa shape index (κ3) is 4.15. The van der Waals surface area contributed by atoms with Crippen molar-refractivity contribution in [1.29, 1.82) is 5.26 Å². The molecule has 4 nitrogen and oxygen atoms in total. The van der Waals surface area contributed by atoms with E-state index in [1.165, 1.54) is 0 Å². The summed E-state index contributed by atoms with van der Waals surface area (Å²) in [5.74, 6) is 2.58. The third-order valence-electron chi connectivity index (χ3n) is 3.18. The molecule has 118 valence electrons. The molecule has 0 bridgehead atoms. The minimum absolute atomic E-state index is 0.273. The van der Waals surface area contributed by atoms with Crippen molar-refractivity contribution in [2.24, 2.45) is 0 Å². The van der Waals surface area contributed by atoms with E-state index in [0.717, 1.165) is 0 Å². The lowest BCUT2D eigenvalue weighted by molar-refractivity contribution is 0.180. The predicted molar refractivity (Wildman–Crippen MR) is 88.4 cm³/mol. The van der Waals surface area contributed by atoms with Crippen LogP contribution in [-0.4, -0.2) is 40.1 Å². The first-order valence-electron chi connectivity index (χ1n) is 7.68. The van der Waals surface area contributed by atoms with Crippen molar-refractivity contribution in [2.45, 2.75) is 86.5 Å². The molecule has 0 radical (unpaired) electrons. The van der Waals surface area contributed by atoms with E-state index >= 15 is 0 Å². The fourth-order valence-electron chi connectivity index (χ4n) is 3.01.